The molecule has 10 heteroatoms. The van der Waals surface area contributed by atoms with Crippen molar-refractivity contribution >= 4 is 68.1 Å². The fraction of sp³-hybridized carbons (Fsp3) is 0.133. The molecule has 2 rings (SSSR count). The third kappa shape index (κ3) is 4.51. The average Bonchev–Trinajstić information content (AvgIpc) is 2.52. The normalized spacial score (nSPS) is 11.4. The summed E-state index contributed by atoms with van der Waals surface area (Å²) in [6.07, 6.45) is -0.442. The maximum atomic E-state index is 13.0. The molecule has 2 aromatic rings. The van der Waals surface area contributed by atoms with Crippen LogP contribution in [0.5, 0.6) is 0 Å². The van der Waals surface area contributed by atoms with Crippen LogP contribution in [0.1, 0.15) is 6.42 Å². The van der Waals surface area contributed by atoms with Crippen LogP contribution in [0, 0.1) is 0 Å². The third-order valence-corrected chi connectivity index (χ3v) is 6.34. The van der Waals surface area contributed by atoms with E-state index in [0.29, 0.717) is 0 Å². The first-order chi connectivity index (χ1) is 11.6. The molecule has 0 heterocycles. The van der Waals surface area contributed by atoms with Gasteiger partial charge in [-0.05, 0) is 30.3 Å². The van der Waals surface area contributed by atoms with Crippen molar-refractivity contribution in [3.05, 3.63) is 56.5 Å². The van der Waals surface area contributed by atoms with E-state index >= 15 is 0 Å². The SMILES string of the molecule is O=C(O)CCN(c1c(Cl)cccc1Cl)S(=O)(=O)c1ccc(Cl)c(Cl)c1. The van der Waals surface area contributed by atoms with Gasteiger partial charge in [0.25, 0.3) is 10.0 Å². The van der Waals surface area contributed by atoms with Crippen molar-refractivity contribution in [3.8, 4) is 0 Å². The molecule has 0 fully saturated rings. The van der Waals surface area contributed by atoms with Crippen molar-refractivity contribution in [2.45, 2.75) is 11.3 Å². The number of carbonyl (C=O) groups is 1. The molecule has 25 heavy (non-hydrogen) atoms. The van der Waals surface area contributed by atoms with Crippen LogP contribution < -0.4 is 4.31 Å². The quantitative estimate of drug-likeness (QED) is 0.685. The fourth-order valence-corrected chi connectivity index (χ4v) is 4.64. The highest BCUT2D eigenvalue weighted by Gasteiger charge is 2.29. The van der Waals surface area contributed by atoms with Gasteiger partial charge >= 0.3 is 5.97 Å². The molecule has 0 spiro atoms. The van der Waals surface area contributed by atoms with E-state index in [4.69, 9.17) is 51.5 Å². The largest absolute Gasteiger partial charge is 0.481 e. The number of carboxylic acid groups (broad SMARTS) is 1. The van der Waals surface area contributed by atoms with Crippen molar-refractivity contribution in [2.75, 3.05) is 10.8 Å². The Hall–Kier alpha value is -1.18. The molecule has 1 N–H and O–H groups in total. The molecule has 0 saturated carbocycles. The Morgan fingerprint density at radius 3 is 2.08 bits per heavy atom. The minimum Gasteiger partial charge on any atom is -0.481 e. The molecule has 0 bridgehead atoms. The Kier molecular flexibility index (Phi) is 6.45. The van der Waals surface area contributed by atoms with E-state index in [9.17, 15) is 13.2 Å². The lowest BCUT2D eigenvalue weighted by Gasteiger charge is -2.26. The zero-order valence-corrected chi connectivity index (χ0v) is 16.3. The first-order valence-electron chi connectivity index (χ1n) is 6.78. The second kappa shape index (κ2) is 8.01. The molecule has 0 radical (unpaired) electrons. The van der Waals surface area contributed by atoms with Crippen molar-refractivity contribution in [1.29, 1.82) is 0 Å². The number of carboxylic acids is 1. The lowest BCUT2D eigenvalue weighted by molar-refractivity contribution is -0.136. The monoisotopic (exact) mass is 441 g/mol. The van der Waals surface area contributed by atoms with Crippen LogP contribution in [0.25, 0.3) is 0 Å². The number of hydrogen-bond donors (Lipinski definition) is 1. The summed E-state index contributed by atoms with van der Waals surface area (Å²) >= 11 is 23.9. The number of anilines is 1. The number of aliphatic carboxylic acids is 1. The van der Waals surface area contributed by atoms with Crippen LogP contribution in [-0.4, -0.2) is 26.0 Å². The summed E-state index contributed by atoms with van der Waals surface area (Å²) in [6.45, 7) is -0.360. The van der Waals surface area contributed by atoms with Crippen LogP contribution >= 0.6 is 46.4 Å². The van der Waals surface area contributed by atoms with Crippen LogP contribution in [0.3, 0.4) is 0 Å². The van der Waals surface area contributed by atoms with E-state index in [2.05, 4.69) is 0 Å². The summed E-state index contributed by atoms with van der Waals surface area (Å²) < 4.78 is 26.9. The molecule has 5 nitrogen and oxygen atoms in total. The van der Waals surface area contributed by atoms with Gasteiger partial charge in [0.2, 0.25) is 0 Å². The molecule has 0 aliphatic carbocycles. The molecular weight excluding hydrogens is 432 g/mol. The molecule has 0 atom stereocenters. The summed E-state index contributed by atoms with van der Waals surface area (Å²) in [5.41, 5.74) is -0.00171. The van der Waals surface area contributed by atoms with Crippen molar-refractivity contribution < 1.29 is 18.3 Å². The van der Waals surface area contributed by atoms with Gasteiger partial charge in [0.1, 0.15) is 0 Å². The molecule has 0 saturated heterocycles. The lowest BCUT2D eigenvalue weighted by atomic mass is 10.3. The van der Waals surface area contributed by atoms with Gasteiger partial charge in [-0.15, -0.1) is 0 Å². The minimum atomic E-state index is -4.18. The first kappa shape index (κ1) is 20.1. The van der Waals surface area contributed by atoms with Crippen LogP contribution in [0.4, 0.5) is 5.69 Å². The van der Waals surface area contributed by atoms with Gasteiger partial charge in [0.05, 0.1) is 37.1 Å². The van der Waals surface area contributed by atoms with E-state index < -0.39 is 22.4 Å². The number of rotatable bonds is 6. The maximum Gasteiger partial charge on any atom is 0.305 e. The van der Waals surface area contributed by atoms with Gasteiger partial charge in [-0.25, -0.2) is 8.42 Å². The third-order valence-electron chi connectivity index (χ3n) is 3.19. The highest BCUT2D eigenvalue weighted by molar-refractivity contribution is 7.92. The molecule has 0 amide bonds. The highest BCUT2D eigenvalue weighted by atomic mass is 35.5. The summed E-state index contributed by atoms with van der Waals surface area (Å²) in [5.74, 6) is -1.17. The molecular formula is C15H11Cl4NO4S. The molecule has 0 aromatic heterocycles. The predicted molar refractivity (Wildman–Crippen MR) is 99.7 cm³/mol. The number of hydrogen-bond acceptors (Lipinski definition) is 3. The zero-order valence-electron chi connectivity index (χ0n) is 12.4. The number of benzene rings is 2. The Labute approximate surface area is 164 Å². The average molecular weight is 443 g/mol. The predicted octanol–water partition coefficient (Wildman–Crippen LogP) is 4.97. The van der Waals surface area contributed by atoms with Crippen LogP contribution in [0.15, 0.2) is 41.3 Å². The van der Waals surface area contributed by atoms with Gasteiger partial charge in [-0.3, -0.25) is 9.10 Å². The summed E-state index contributed by atoms with van der Waals surface area (Å²) in [4.78, 5) is 10.8. The Morgan fingerprint density at radius 2 is 1.56 bits per heavy atom. The Morgan fingerprint density at radius 1 is 0.960 bits per heavy atom. The second-order valence-corrected chi connectivity index (χ2v) is 8.36. The van der Waals surface area contributed by atoms with Gasteiger partial charge in [0, 0.05) is 6.54 Å². The highest BCUT2D eigenvalue weighted by Crippen LogP contribution is 2.37. The van der Waals surface area contributed by atoms with Crippen LogP contribution in [0.2, 0.25) is 20.1 Å². The van der Waals surface area contributed by atoms with E-state index in [1.165, 1.54) is 30.3 Å². The second-order valence-electron chi connectivity index (χ2n) is 4.87. The topological polar surface area (TPSA) is 74.7 Å². The first-order valence-corrected chi connectivity index (χ1v) is 9.73. The van der Waals surface area contributed by atoms with Crippen molar-refractivity contribution in [2.24, 2.45) is 0 Å². The summed E-state index contributed by atoms with van der Waals surface area (Å²) in [6, 6.07) is 8.25. The standard InChI is InChI=1S/C15H11Cl4NO4S/c16-10-5-4-9(8-13(10)19)25(23,24)20(7-6-14(21)22)15-11(17)2-1-3-12(15)18/h1-5,8H,6-7H2,(H,21,22). The summed E-state index contributed by atoms with van der Waals surface area (Å²) in [7, 11) is -4.18. The Balaban J connectivity index is 2.61. The molecule has 134 valence electrons. The van der Waals surface area contributed by atoms with E-state index in [-0.39, 0.29) is 37.2 Å². The Bertz CT molecular complexity index is 897. The van der Waals surface area contributed by atoms with Crippen molar-refractivity contribution in [1.82, 2.24) is 0 Å². The molecule has 0 unspecified atom stereocenters. The number of nitrogens with zero attached hydrogens (tertiary/aromatic N) is 1. The van der Waals surface area contributed by atoms with Gasteiger partial charge in [-0.1, -0.05) is 52.5 Å². The smallest absolute Gasteiger partial charge is 0.305 e. The number of para-hydroxylation sites is 1. The van der Waals surface area contributed by atoms with Gasteiger partial charge < -0.3 is 5.11 Å². The van der Waals surface area contributed by atoms with E-state index in [0.717, 1.165) is 4.31 Å². The lowest BCUT2D eigenvalue weighted by Crippen LogP contribution is -2.33. The molecule has 2 aromatic carbocycles. The maximum absolute atomic E-state index is 13.0. The zero-order chi connectivity index (χ0) is 18.8. The number of sulfonamides is 1. The van der Waals surface area contributed by atoms with Crippen LogP contribution in [-0.2, 0) is 14.8 Å². The van der Waals surface area contributed by atoms with E-state index in [1.54, 1.807) is 6.07 Å². The van der Waals surface area contributed by atoms with E-state index in [1.807, 2.05) is 0 Å². The van der Waals surface area contributed by atoms with Gasteiger partial charge in [0.15, 0.2) is 0 Å². The summed E-state index contributed by atoms with van der Waals surface area (Å²) in [5, 5.41) is 9.32. The molecule has 0 aliphatic rings. The van der Waals surface area contributed by atoms with Crippen molar-refractivity contribution in [3.63, 3.8) is 0 Å². The number of halogens is 4. The molecule has 0 aliphatic heterocycles. The minimum absolute atomic E-state index is 0.00171. The van der Waals surface area contributed by atoms with Gasteiger partial charge in [-0.2, -0.15) is 0 Å². The fourth-order valence-electron chi connectivity index (χ4n) is 2.04.